The van der Waals surface area contributed by atoms with E-state index in [1.165, 1.54) is 0 Å². The number of hydrogen-bond acceptors (Lipinski definition) is 4. The molecule has 0 radical (unpaired) electrons. The average Bonchev–Trinajstić information content (AvgIpc) is 2.26. The van der Waals surface area contributed by atoms with E-state index in [1.54, 1.807) is 11.8 Å². The van der Waals surface area contributed by atoms with Gasteiger partial charge in [-0.25, -0.2) is 4.79 Å². The molecule has 0 aromatic heterocycles. The fraction of sp³-hybridized carbons (Fsp3) is 0.692. The van der Waals surface area contributed by atoms with Crippen LogP contribution in [0, 0.1) is 5.41 Å². The number of fused-ring (bicyclic) bond motifs is 1. The summed E-state index contributed by atoms with van der Waals surface area (Å²) >= 11 is 7.96. The van der Waals surface area contributed by atoms with Crippen molar-refractivity contribution in [2.75, 3.05) is 12.4 Å². The molecule has 0 spiro atoms. The van der Waals surface area contributed by atoms with Gasteiger partial charge in [-0.05, 0) is 25.2 Å². The van der Waals surface area contributed by atoms with Crippen LogP contribution in [0.2, 0.25) is 0 Å². The lowest BCUT2D eigenvalue weighted by atomic mass is 9.79. The van der Waals surface area contributed by atoms with Crippen molar-refractivity contribution < 1.29 is 9.53 Å². The van der Waals surface area contributed by atoms with Crippen LogP contribution in [0.15, 0.2) is 14.9 Å². The summed E-state index contributed by atoms with van der Waals surface area (Å²) in [5, 5.41) is 0.886. The minimum absolute atomic E-state index is 0.122. The average molecular weight is 288 g/mol. The first-order chi connectivity index (χ1) is 8.43. The monoisotopic (exact) mass is 287 g/mol. The van der Waals surface area contributed by atoms with E-state index in [-0.39, 0.29) is 17.4 Å². The second kappa shape index (κ2) is 5.25. The lowest BCUT2D eigenvalue weighted by Gasteiger charge is -2.34. The Morgan fingerprint density at radius 2 is 2.28 bits per heavy atom. The first-order valence-electron chi connectivity index (χ1n) is 6.18. The van der Waals surface area contributed by atoms with Crippen LogP contribution in [0.5, 0.6) is 0 Å². The number of ether oxygens (including phenoxy) is 1. The quantitative estimate of drug-likeness (QED) is 0.731. The highest BCUT2D eigenvalue weighted by Crippen LogP contribution is 2.44. The highest BCUT2D eigenvalue weighted by Gasteiger charge is 2.35. The number of hydrogen-bond donors (Lipinski definition) is 0. The van der Waals surface area contributed by atoms with Crippen molar-refractivity contribution in [1.29, 1.82) is 0 Å². The van der Waals surface area contributed by atoms with E-state index in [0.29, 0.717) is 12.4 Å². The molecule has 0 N–H and O–H groups in total. The maximum absolute atomic E-state index is 11.7. The molecule has 2 rings (SSSR count). The molecule has 3 nitrogen and oxygen atoms in total. The Balaban J connectivity index is 2.24. The molecule has 0 aromatic carbocycles. The van der Waals surface area contributed by atoms with Crippen LogP contribution in [0.25, 0.3) is 0 Å². The SMILES string of the molecule is CCOC(=O)C1CSC2=C(Cl)CC(C)(C)CC2=N1. The third kappa shape index (κ3) is 2.91. The molecular weight excluding hydrogens is 270 g/mol. The Morgan fingerprint density at radius 1 is 1.56 bits per heavy atom. The zero-order chi connectivity index (χ0) is 13.3. The summed E-state index contributed by atoms with van der Waals surface area (Å²) in [6, 6.07) is -0.368. The first kappa shape index (κ1) is 13.9. The molecule has 0 amide bonds. The van der Waals surface area contributed by atoms with Crippen LogP contribution in [0.4, 0.5) is 0 Å². The molecule has 0 saturated heterocycles. The molecule has 1 aliphatic heterocycles. The number of carbonyl (C=O) groups is 1. The number of halogens is 1. The minimum atomic E-state index is -0.368. The standard InChI is InChI=1S/C13H18ClNO2S/c1-4-17-12(16)10-7-18-11-8(14)5-13(2,3)6-9(11)15-10/h10H,4-7H2,1-3H3. The fourth-order valence-electron chi connectivity index (χ4n) is 2.27. The van der Waals surface area contributed by atoms with Crippen molar-refractivity contribution in [3.8, 4) is 0 Å². The molecule has 1 aliphatic carbocycles. The van der Waals surface area contributed by atoms with E-state index < -0.39 is 0 Å². The lowest BCUT2D eigenvalue weighted by molar-refractivity contribution is -0.143. The van der Waals surface area contributed by atoms with Gasteiger partial charge in [0.25, 0.3) is 0 Å². The van der Waals surface area contributed by atoms with Gasteiger partial charge in [-0.15, -0.1) is 11.8 Å². The van der Waals surface area contributed by atoms with Crippen LogP contribution < -0.4 is 0 Å². The van der Waals surface area contributed by atoms with Gasteiger partial charge in [0, 0.05) is 15.7 Å². The molecule has 1 atom stereocenters. The van der Waals surface area contributed by atoms with Gasteiger partial charge >= 0.3 is 5.97 Å². The maximum atomic E-state index is 11.7. The highest BCUT2D eigenvalue weighted by molar-refractivity contribution is 8.04. The summed E-state index contributed by atoms with van der Waals surface area (Å²) in [6.45, 7) is 6.56. The predicted molar refractivity (Wildman–Crippen MR) is 76.2 cm³/mol. The van der Waals surface area contributed by atoms with Gasteiger partial charge in [0.15, 0.2) is 6.04 Å². The second-order valence-electron chi connectivity index (χ2n) is 5.41. The van der Waals surface area contributed by atoms with Crippen molar-refractivity contribution in [2.24, 2.45) is 10.4 Å². The largest absolute Gasteiger partial charge is 0.464 e. The number of carbonyl (C=O) groups excluding carboxylic acids is 1. The number of allylic oxidation sites excluding steroid dienone is 2. The van der Waals surface area contributed by atoms with Gasteiger partial charge in [-0.3, -0.25) is 4.99 Å². The van der Waals surface area contributed by atoms with Crippen LogP contribution in [0.3, 0.4) is 0 Å². The Kier molecular flexibility index (Phi) is 4.07. The molecule has 0 saturated carbocycles. The van der Waals surface area contributed by atoms with Gasteiger partial charge in [0.1, 0.15) is 0 Å². The van der Waals surface area contributed by atoms with Gasteiger partial charge in [0.05, 0.1) is 12.3 Å². The first-order valence-corrected chi connectivity index (χ1v) is 7.54. The normalized spacial score (nSPS) is 26.4. The van der Waals surface area contributed by atoms with Crippen LogP contribution >= 0.6 is 23.4 Å². The highest BCUT2D eigenvalue weighted by atomic mass is 35.5. The van der Waals surface area contributed by atoms with Gasteiger partial charge in [-0.2, -0.15) is 0 Å². The van der Waals surface area contributed by atoms with Gasteiger partial charge in [0.2, 0.25) is 0 Å². The predicted octanol–water partition coefficient (Wildman–Crippen LogP) is 3.38. The van der Waals surface area contributed by atoms with Crippen LogP contribution in [-0.4, -0.2) is 30.1 Å². The van der Waals surface area contributed by atoms with Crippen molar-refractivity contribution >= 4 is 35.0 Å². The molecule has 0 aromatic rings. The summed E-state index contributed by atoms with van der Waals surface area (Å²) in [7, 11) is 0. The van der Waals surface area contributed by atoms with Crippen molar-refractivity contribution in [3.05, 3.63) is 9.94 Å². The zero-order valence-electron chi connectivity index (χ0n) is 11.0. The topological polar surface area (TPSA) is 38.7 Å². The minimum Gasteiger partial charge on any atom is -0.464 e. The second-order valence-corrected chi connectivity index (χ2v) is 6.89. The number of nitrogens with zero attached hydrogens (tertiary/aromatic N) is 1. The lowest BCUT2D eigenvalue weighted by Crippen LogP contribution is -2.33. The summed E-state index contributed by atoms with van der Waals surface area (Å²) in [4.78, 5) is 17.4. The van der Waals surface area contributed by atoms with Crippen molar-refractivity contribution in [1.82, 2.24) is 0 Å². The van der Waals surface area contributed by atoms with Crippen LogP contribution in [0.1, 0.15) is 33.6 Å². The van der Waals surface area contributed by atoms with Crippen LogP contribution in [-0.2, 0) is 9.53 Å². The Bertz CT molecular complexity index is 429. The Morgan fingerprint density at radius 3 is 2.94 bits per heavy atom. The smallest absolute Gasteiger partial charge is 0.331 e. The molecule has 2 aliphatic rings. The van der Waals surface area contributed by atoms with E-state index in [1.807, 2.05) is 6.92 Å². The third-order valence-electron chi connectivity index (χ3n) is 3.04. The number of rotatable bonds is 2. The molecule has 1 heterocycles. The fourth-order valence-corrected chi connectivity index (χ4v) is 3.96. The van der Waals surface area contributed by atoms with Gasteiger partial charge in [-0.1, -0.05) is 25.4 Å². The molecule has 0 fully saturated rings. The summed E-state index contributed by atoms with van der Waals surface area (Å²) in [5.41, 5.74) is 1.10. The summed E-state index contributed by atoms with van der Waals surface area (Å²) < 4.78 is 5.03. The maximum Gasteiger partial charge on any atom is 0.331 e. The molecule has 0 bridgehead atoms. The summed E-state index contributed by atoms with van der Waals surface area (Å²) in [6.07, 6.45) is 1.77. The molecule has 1 unspecified atom stereocenters. The number of esters is 1. The Hall–Kier alpha value is -0.480. The molecule has 5 heteroatoms. The number of thioether (sulfide) groups is 1. The van der Waals surface area contributed by atoms with Crippen molar-refractivity contribution in [3.63, 3.8) is 0 Å². The third-order valence-corrected chi connectivity index (χ3v) is 4.73. The molecule has 18 heavy (non-hydrogen) atoms. The van der Waals surface area contributed by atoms with E-state index in [9.17, 15) is 4.79 Å². The number of aliphatic imine (C=N–C) groups is 1. The van der Waals surface area contributed by atoms with Gasteiger partial charge < -0.3 is 4.74 Å². The van der Waals surface area contributed by atoms with E-state index in [0.717, 1.165) is 28.5 Å². The van der Waals surface area contributed by atoms with E-state index in [2.05, 4.69) is 18.8 Å². The summed E-state index contributed by atoms with van der Waals surface area (Å²) in [5.74, 6) is 0.407. The van der Waals surface area contributed by atoms with E-state index in [4.69, 9.17) is 16.3 Å². The molecular formula is C13H18ClNO2S. The Labute approximate surface area is 117 Å². The van der Waals surface area contributed by atoms with E-state index >= 15 is 0 Å². The van der Waals surface area contributed by atoms with Crippen molar-refractivity contribution in [2.45, 2.75) is 39.7 Å². The molecule has 100 valence electrons. The zero-order valence-corrected chi connectivity index (χ0v) is 12.5.